The van der Waals surface area contributed by atoms with Gasteiger partial charge in [-0.3, -0.25) is 14.4 Å². The third kappa shape index (κ3) is 3.38. The van der Waals surface area contributed by atoms with Gasteiger partial charge < -0.3 is 10.6 Å². The second-order valence-electron chi connectivity index (χ2n) is 3.99. The third-order valence-corrected chi connectivity index (χ3v) is 2.35. The van der Waals surface area contributed by atoms with Crippen LogP contribution >= 0.6 is 0 Å². The lowest BCUT2D eigenvalue weighted by Gasteiger charge is -2.07. The van der Waals surface area contributed by atoms with Gasteiger partial charge in [-0.1, -0.05) is 6.07 Å². The van der Waals surface area contributed by atoms with Crippen molar-refractivity contribution in [3.63, 3.8) is 0 Å². The first-order valence-corrected chi connectivity index (χ1v) is 5.59. The zero-order chi connectivity index (χ0) is 13.8. The monoisotopic (exact) mass is 260 g/mol. The first-order valence-electron chi connectivity index (χ1n) is 5.59. The molecule has 3 N–H and O–H groups in total. The van der Waals surface area contributed by atoms with Crippen LogP contribution in [0.3, 0.4) is 0 Å². The van der Waals surface area contributed by atoms with Crippen LogP contribution in [0.5, 0.6) is 0 Å². The molecular formula is C12H12N4O3. The highest BCUT2D eigenvalue weighted by atomic mass is 16.2. The molecule has 0 atom stereocenters. The first-order chi connectivity index (χ1) is 9.04. The van der Waals surface area contributed by atoms with E-state index in [1.54, 1.807) is 24.3 Å². The van der Waals surface area contributed by atoms with Crippen LogP contribution in [0, 0.1) is 0 Å². The molecule has 7 nitrogen and oxygen atoms in total. The van der Waals surface area contributed by atoms with Gasteiger partial charge in [0, 0.05) is 18.3 Å². The Morgan fingerprint density at radius 2 is 1.95 bits per heavy atom. The van der Waals surface area contributed by atoms with Crippen molar-refractivity contribution in [3.05, 3.63) is 24.3 Å². The largest absolute Gasteiger partial charge is 0.326 e. The number of nitrogens with zero attached hydrogens (tertiary/aromatic N) is 1. The molecule has 0 aromatic heterocycles. The second kappa shape index (κ2) is 5.30. The summed E-state index contributed by atoms with van der Waals surface area (Å²) >= 11 is 0. The molecule has 0 radical (unpaired) electrons. The lowest BCUT2D eigenvalue weighted by Crippen LogP contribution is -2.22. The standard InChI is InChI=1S/C12H12N4O3/c1-7(17)13-8-3-2-4-9(5-8)14-12(19)10-6-11(18)16-15-10/h2-5H,6H2,1H3,(H,13,17)(H,14,19)(H,16,18). The predicted octanol–water partition coefficient (Wildman–Crippen LogP) is 0.459. The summed E-state index contributed by atoms with van der Waals surface area (Å²) in [6.07, 6.45) is -0.0305. The first kappa shape index (κ1) is 12.7. The molecule has 7 heteroatoms. The van der Waals surface area contributed by atoms with E-state index in [2.05, 4.69) is 21.2 Å². The number of hydrogen-bond acceptors (Lipinski definition) is 4. The van der Waals surface area contributed by atoms with Gasteiger partial charge in [0.05, 0.1) is 6.42 Å². The van der Waals surface area contributed by atoms with Crippen LogP contribution in [-0.2, 0) is 14.4 Å². The summed E-state index contributed by atoms with van der Waals surface area (Å²) in [5.74, 6) is -0.950. The van der Waals surface area contributed by atoms with E-state index >= 15 is 0 Å². The molecule has 1 aliphatic rings. The van der Waals surface area contributed by atoms with E-state index in [0.29, 0.717) is 11.4 Å². The Hall–Kier alpha value is -2.70. The minimum absolute atomic E-state index is 0.0305. The fourth-order valence-electron chi connectivity index (χ4n) is 1.57. The number of nitrogens with one attached hydrogen (secondary N) is 3. The van der Waals surface area contributed by atoms with E-state index in [4.69, 9.17) is 0 Å². The van der Waals surface area contributed by atoms with Crippen molar-refractivity contribution < 1.29 is 14.4 Å². The topological polar surface area (TPSA) is 99.7 Å². The van der Waals surface area contributed by atoms with Crippen molar-refractivity contribution in [1.29, 1.82) is 0 Å². The highest BCUT2D eigenvalue weighted by molar-refractivity contribution is 6.46. The Kier molecular flexibility index (Phi) is 3.56. The lowest BCUT2D eigenvalue weighted by molar-refractivity contribution is -0.119. The van der Waals surface area contributed by atoms with Gasteiger partial charge >= 0.3 is 0 Å². The average molecular weight is 260 g/mol. The van der Waals surface area contributed by atoms with Crippen LogP contribution in [0.25, 0.3) is 0 Å². The molecule has 1 aromatic carbocycles. The van der Waals surface area contributed by atoms with Gasteiger partial charge in [0.25, 0.3) is 5.91 Å². The molecule has 3 amide bonds. The minimum Gasteiger partial charge on any atom is -0.326 e. The van der Waals surface area contributed by atoms with E-state index in [1.807, 2.05) is 0 Å². The van der Waals surface area contributed by atoms with Crippen molar-refractivity contribution in [2.75, 3.05) is 10.6 Å². The molecule has 0 saturated carbocycles. The molecule has 0 aliphatic carbocycles. The van der Waals surface area contributed by atoms with Gasteiger partial charge in [0.1, 0.15) is 5.71 Å². The van der Waals surface area contributed by atoms with E-state index in [1.165, 1.54) is 6.92 Å². The van der Waals surface area contributed by atoms with Crippen molar-refractivity contribution in [1.82, 2.24) is 5.43 Å². The highest BCUT2D eigenvalue weighted by Crippen LogP contribution is 2.15. The average Bonchev–Trinajstić information content (AvgIpc) is 2.75. The Balaban J connectivity index is 2.04. The van der Waals surface area contributed by atoms with Gasteiger partial charge in [-0.2, -0.15) is 5.10 Å². The normalized spacial score (nSPS) is 13.5. The SMILES string of the molecule is CC(=O)Nc1cccc(NC(=O)C2=NNC(=O)C2)c1. The van der Waals surface area contributed by atoms with E-state index in [9.17, 15) is 14.4 Å². The Morgan fingerprint density at radius 1 is 1.26 bits per heavy atom. The van der Waals surface area contributed by atoms with Crippen molar-refractivity contribution in [2.45, 2.75) is 13.3 Å². The molecule has 0 bridgehead atoms. The second-order valence-corrected chi connectivity index (χ2v) is 3.99. The smallest absolute Gasteiger partial charge is 0.272 e. The maximum Gasteiger partial charge on any atom is 0.272 e. The minimum atomic E-state index is -0.446. The number of carbonyl (C=O) groups is 3. The summed E-state index contributed by atoms with van der Waals surface area (Å²) in [4.78, 5) is 33.6. The van der Waals surface area contributed by atoms with E-state index < -0.39 is 5.91 Å². The van der Waals surface area contributed by atoms with Crippen molar-refractivity contribution in [3.8, 4) is 0 Å². The van der Waals surface area contributed by atoms with E-state index in [0.717, 1.165) is 0 Å². The number of benzene rings is 1. The van der Waals surface area contributed by atoms with Crippen LogP contribution in [0.1, 0.15) is 13.3 Å². The van der Waals surface area contributed by atoms with Gasteiger partial charge in [-0.05, 0) is 18.2 Å². The molecule has 2 rings (SSSR count). The van der Waals surface area contributed by atoms with Gasteiger partial charge in [0.15, 0.2) is 0 Å². The van der Waals surface area contributed by atoms with Crippen LogP contribution in [0.15, 0.2) is 29.4 Å². The lowest BCUT2D eigenvalue weighted by atomic mass is 10.2. The summed E-state index contributed by atoms with van der Waals surface area (Å²) in [5, 5.41) is 8.83. The van der Waals surface area contributed by atoms with Crippen LogP contribution in [-0.4, -0.2) is 23.4 Å². The quantitative estimate of drug-likeness (QED) is 0.736. The summed E-state index contributed by atoms with van der Waals surface area (Å²) in [6.45, 7) is 1.40. The van der Waals surface area contributed by atoms with Crippen LogP contribution in [0.4, 0.5) is 11.4 Å². The number of hydrogen-bond donors (Lipinski definition) is 3. The fourth-order valence-corrected chi connectivity index (χ4v) is 1.57. The summed E-state index contributed by atoms with van der Waals surface area (Å²) in [7, 11) is 0. The Bertz CT molecular complexity index is 580. The molecule has 0 spiro atoms. The van der Waals surface area contributed by atoms with E-state index in [-0.39, 0.29) is 23.9 Å². The summed E-state index contributed by atoms with van der Waals surface area (Å²) in [6, 6.07) is 6.69. The van der Waals surface area contributed by atoms with Crippen molar-refractivity contribution >= 4 is 34.8 Å². The summed E-state index contributed by atoms with van der Waals surface area (Å²) in [5.41, 5.74) is 3.43. The molecule has 19 heavy (non-hydrogen) atoms. The van der Waals surface area contributed by atoms with Gasteiger partial charge in [-0.15, -0.1) is 0 Å². The highest BCUT2D eigenvalue weighted by Gasteiger charge is 2.21. The summed E-state index contributed by atoms with van der Waals surface area (Å²) < 4.78 is 0. The fraction of sp³-hybridized carbons (Fsp3) is 0.167. The molecule has 1 heterocycles. The molecule has 1 aliphatic heterocycles. The zero-order valence-electron chi connectivity index (χ0n) is 10.2. The van der Waals surface area contributed by atoms with Crippen LogP contribution < -0.4 is 16.1 Å². The molecule has 98 valence electrons. The number of amides is 3. The molecular weight excluding hydrogens is 248 g/mol. The Morgan fingerprint density at radius 3 is 2.53 bits per heavy atom. The maximum absolute atomic E-state index is 11.8. The number of hydrazone groups is 1. The van der Waals surface area contributed by atoms with Crippen LogP contribution in [0.2, 0.25) is 0 Å². The maximum atomic E-state index is 11.8. The predicted molar refractivity (Wildman–Crippen MR) is 69.6 cm³/mol. The number of anilines is 2. The van der Waals surface area contributed by atoms with Crippen molar-refractivity contribution in [2.24, 2.45) is 5.10 Å². The molecule has 1 aromatic rings. The number of rotatable bonds is 3. The van der Waals surface area contributed by atoms with Gasteiger partial charge in [0.2, 0.25) is 11.8 Å². The van der Waals surface area contributed by atoms with Gasteiger partial charge in [-0.25, -0.2) is 5.43 Å². The zero-order valence-corrected chi connectivity index (χ0v) is 10.2. The molecule has 0 unspecified atom stereocenters. The number of carbonyl (C=O) groups excluding carboxylic acids is 3. The Labute approximate surface area is 109 Å². The third-order valence-electron chi connectivity index (χ3n) is 2.35. The molecule has 0 saturated heterocycles. The molecule has 0 fully saturated rings.